The second-order valence-electron chi connectivity index (χ2n) is 7.18. The van der Waals surface area contributed by atoms with E-state index in [9.17, 15) is 9.59 Å². The molecule has 0 radical (unpaired) electrons. The van der Waals surface area contributed by atoms with E-state index in [0.29, 0.717) is 31.0 Å². The van der Waals surface area contributed by atoms with Crippen LogP contribution < -0.4 is 15.3 Å². The van der Waals surface area contributed by atoms with Crippen LogP contribution in [0.3, 0.4) is 0 Å². The van der Waals surface area contributed by atoms with Crippen molar-refractivity contribution in [1.29, 1.82) is 0 Å². The Morgan fingerprint density at radius 1 is 1.17 bits per heavy atom. The Bertz CT molecular complexity index is 1100. The van der Waals surface area contributed by atoms with Crippen LogP contribution >= 0.6 is 0 Å². The summed E-state index contributed by atoms with van der Waals surface area (Å²) >= 11 is 0. The van der Waals surface area contributed by atoms with Crippen molar-refractivity contribution < 1.29 is 18.7 Å². The minimum atomic E-state index is -0.369. The molecule has 1 aliphatic rings. The van der Waals surface area contributed by atoms with Gasteiger partial charge in [-0.2, -0.15) is 0 Å². The smallest absolute Gasteiger partial charge is 0.338 e. The van der Waals surface area contributed by atoms with Gasteiger partial charge >= 0.3 is 11.6 Å². The van der Waals surface area contributed by atoms with Gasteiger partial charge in [-0.05, 0) is 55.3 Å². The second-order valence-corrected chi connectivity index (χ2v) is 7.18. The summed E-state index contributed by atoms with van der Waals surface area (Å²) in [7, 11) is 0. The van der Waals surface area contributed by atoms with Gasteiger partial charge in [0.25, 0.3) is 0 Å². The van der Waals surface area contributed by atoms with Crippen LogP contribution in [0.25, 0.3) is 11.0 Å². The SMILES string of the molecule is CCCCOC(=O)c1ccc(N2COc3ccc4c(C)cc(=O)oc4c3C2)cc1. The Kier molecular flexibility index (Phi) is 5.25. The normalized spacial score (nSPS) is 13.1. The van der Waals surface area contributed by atoms with Crippen LogP contribution in [0.2, 0.25) is 0 Å². The maximum Gasteiger partial charge on any atom is 0.338 e. The lowest BCUT2D eigenvalue weighted by Gasteiger charge is -2.31. The Hall–Kier alpha value is -3.28. The maximum absolute atomic E-state index is 12.1. The van der Waals surface area contributed by atoms with Gasteiger partial charge in [0.05, 0.1) is 24.3 Å². The number of aryl methyl sites for hydroxylation is 1. The molecule has 150 valence electrons. The number of carbonyl (C=O) groups is 1. The number of carbonyl (C=O) groups excluding carboxylic acids is 1. The van der Waals surface area contributed by atoms with Crippen LogP contribution in [0.1, 0.15) is 41.3 Å². The number of hydrogen-bond acceptors (Lipinski definition) is 6. The number of unbranched alkanes of at least 4 members (excludes halogenated alkanes) is 1. The molecule has 0 N–H and O–H groups in total. The third kappa shape index (κ3) is 3.83. The fourth-order valence-corrected chi connectivity index (χ4v) is 3.46. The van der Waals surface area contributed by atoms with Crippen LogP contribution in [0, 0.1) is 6.92 Å². The van der Waals surface area contributed by atoms with E-state index >= 15 is 0 Å². The first-order valence-electron chi connectivity index (χ1n) is 9.78. The lowest BCUT2D eigenvalue weighted by molar-refractivity contribution is 0.0500. The van der Waals surface area contributed by atoms with Crippen LogP contribution in [-0.4, -0.2) is 19.3 Å². The Morgan fingerprint density at radius 3 is 2.72 bits per heavy atom. The molecule has 6 heteroatoms. The van der Waals surface area contributed by atoms with E-state index in [1.54, 1.807) is 12.1 Å². The molecular formula is C23H23NO5. The number of nitrogens with zero attached hydrogens (tertiary/aromatic N) is 1. The van der Waals surface area contributed by atoms with E-state index in [0.717, 1.165) is 40.8 Å². The summed E-state index contributed by atoms with van der Waals surface area (Å²) in [6, 6.07) is 12.6. The van der Waals surface area contributed by atoms with Crippen molar-refractivity contribution in [2.75, 3.05) is 18.2 Å². The molecule has 0 amide bonds. The molecule has 0 bridgehead atoms. The van der Waals surface area contributed by atoms with Gasteiger partial charge in [-0.3, -0.25) is 0 Å². The minimum Gasteiger partial charge on any atom is -0.473 e. The maximum atomic E-state index is 12.1. The molecule has 0 unspecified atom stereocenters. The molecule has 0 aliphatic carbocycles. The van der Waals surface area contributed by atoms with E-state index in [1.807, 2.05) is 36.1 Å². The molecule has 6 nitrogen and oxygen atoms in total. The molecule has 1 aromatic heterocycles. The van der Waals surface area contributed by atoms with Gasteiger partial charge in [0.15, 0.2) is 6.73 Å². The zero-order valence-electron chi connectivity index (χ0n) is 16.6. The first-order valence-corrected chi connectivity index (χ1v) is 9.78. The van der Waals surface area contributed by atoms with Gasteiger partial charge in [0, 0.05) is 17.1 Å². The van der Waals surface area contributed by atoms with E-state index < -0.39 is 0 Å². The highest BCUT2D eigenvalue weighted by atomic mass is 16.5. The van der Waals surface area contributed by atoms with E-state index in [4.69, 9.17) is 13.9 Å². The highest BCUT2D eigenvalue weighted by molar-refractivity contribution is 5.90. The average Bonchev–Trinajstić information content (AvgIpc) is 2.73. The molecule has 2 heterocycles. The third-order valence-corrected chi connectivity index (χ3v) is 5.10. The summed E-state index contributed by atoms with van der Waals surface area (Å²) in [6.07, 6.45) is 1.84. The van der Waals surface area contributed by atoms with Crippen molar-refractivity contribution in [2.24, 2.45) is 0 Å². The highest BCUT2D eigenvalue weighted by Crippen LogP contribution is 2.34. The molecule has 3 aromatic rings. The first-order chi connectivity index (χ1) is 14.1. The summed E-state index contributed by atoms with van der Waals surface area (Å²) in [5.74, 6) is 0.409. The summed E-state index contributed by atoms with van der Waals surface area (Å²) in [5, 5.41) is 0.902. The summed E-state index contributed by atoms with van der Waals surface area (Å²) in [6.45, 7) is 5.29. The molecule has 0 saturated heterocycles. The van der Waals surface area contributed by atoms with E-state index in [1.165, 1.54) is 6.07 Å². The fourth-order valence-electron chi connectivity index (χ4n) is 3.46. The van der Waals surface area contributed by atoms with Gasteiger partial charge in [-0.15, -0.1) is 0 Å². The fraction of sp³-hybridized carbons (Fsp3) is 0.304. The zero-order valence-corrected chi connectivity index (χ0v) is 16.6. The number of hydrogen-bond donors (Lipinski definition) is 0. The summed E-state index contributed by atoms with van der Waals surface area (Å²) < 4.78 is 16.6. The number of ether oxygens (including phenoxy) is 2. The average molecular weight is 393 g/mol. The lowest BCUT2D eigenvalue weighted by Crippen LogP contribution is -2.32. The third-order valence-electron chi connectivity index (χ3n) is 5.10. The van der Waals surface area contributed by atoms with Gasteiger partial charge in [0.2, 0.25) is 0 Å². The van der Waals surface area contributed by atoms with Crippen molar-refractivity contribution in [1.82, 2.24) is 0 Å². The molecule has 0 fully saturated rings. The zero-order chi connectivity index (χ0) is 20.4. The molecular weight excluding hydrogens is 370 g/mol. The van der Waals surface area contributed by atoms with Gasteiger partial charge in [-0.1, -0.05) is 13.3 Å². The molecule has 29 heavy (non-hydrogen) atoms. The summed E-state index contributed by atoms with van der Waals surface area (Å²) in [4.78, 5) is 26.0. The number of esters is 1. The van der Waals surface area contributed by atoms with Crippen molar-refractivity contribution in [3.05, 3.63) is 69.6 Å². The van der Waals surface area contributed by atoms with E-state index in [-0.39, 0.29) is 11.6 Å². The topological polar surface area (TPSA) is 69.0 Å². The van der Waals surface area contributed by atoms with Crippen LogP contribution in [0.4, 0.5) is 5.69 Å². The molecule has 2 aromatic carbocycles. The summed E-state index contributed by atoms with van der Waals surface area (Å²) in [5.41, 5.74) is 3.35. The molecule has 0 atom stereocenters. The van der Waals surface area contributed by atoms with Gasteiger partial charge < -0.3 is 18.8 Å². The Balaban J connectivity index is 1.57. The standard InChI is InChI=1S/C23H23NO5/c1-3-4-11-27-23(26)16-5-7-17(8-6-16)24-13-19-20(28-14-24)10-9-18-15(2)12-21(25)29-22(18)19/h5-10,12H,3-4,11,13-14H2,1-2H3. The molecule has 1 aliphatic heterocycles. The van der Waals surface area contributed by atoms with Gasteiger partial charge in [-0.25, -0.2) is 9.59 Å². The van der Waals surface area contributed by atoms with Crippen LogP contribution in [0.15, 0.2) is 51.7 Å². The first kappa shape index (κ1) is 19.1. The monoisotopic (exact) mass is 393 g/mol. The van der Waals surface area contributed by atoms with Crippen molar-refractivity contribution in [3.8, 4) is 5.75 Å². The number of benzene rings is 2. The predicted molar refractivity (Wildman–Crippen MR) is 111 cm³/mol. The van der Waals surface area contributed by atoms with Crippen molar-refractivity contribution >= 4 is 22.6 Å². The van der Waals surface area contributed by atoms with Crippen LogP contribution in [-0.2, 0) is 11.3 Å². The Morgan fingerprint density at radius 2 is 1.97 bits per heavy atom. The Labute approximate surface area is 168 Å². The number of fused-ring (bicyclic) bond motifs is 3. The molecule has 0 spiro atoms. The number of anilines is 1. The second kappa shape index (κ2) is 7.99. The molecule has 0 saturated carbocycles. The van der Waals surface area contributed by atoms with Crippen molar-refractivity contribution in [3.63, 3.8) is 0 Å². The number of rotatable bonds is 5. The highest BCUT2D eigenvalue weighted by Gasteiger charge is 2.22. The quantitative estimate of drug-likeness (QED) is 0.363. The van der Waals surface area contributed by atoms with Crippen molar-refractivity contribution in [2.45, 2.75) is 33.2 Å². The largest absolute Gasteiger partial charge is 0.473 e. The van der Waals surface area contributed by atoms with Crippen LogP contribution in [0.5, 0.6) is 5.75 Å². The predicted octanol–water partition coefficient (Wildman–Crippen LogP) is 4.41. The molecule has 4 rings (SSSR count). The van der Waals surface area contributed by atoms with Gasteiger partial charge in [0.1, 0.15) is 11.3 Å². The van der Waals surface area contributed by atoms with E-state index in [2.05, 4.69) is 6.92 Å². The lowest BCUT2D eigenvalue weighted by atomic mass is 10.0. The minimum absolute atomic E-state index is 0.312.